The van der Waals surface area contributed by atoms with Crippen LogP contribution in [0.4, 0.5) is 0 Å². The van der Waals surface area contributed by atoms with E-state index in [-0.39, 0.29) is 5.41 Å². The first-order valence-electron chi connectivity index (χ1n) is 11.9. The molecule has 0 amide bonds. The monoisotopic (exact) mass is 417 g/mol. The van der Waals surface area contributed by atoms with Gasteiger partial charge in [-0.1, -0.05) is 108 Å². The van der Waals surface area contributed by atoms with Gasteiger partial charge in [-0.2, -0.15) is 0 Å². The van der Waals surface area contributed by atoms with Crippen LogP contribution in [0.1, 0.15) is 76.5 Å². The summed E-state index contributed by atoms with van der Waals surface area (Å²) in [4.78, 5) is 0. The topological polar surface area (TPSA) is 21.3 Å². The Morgan fingerprint density at radius 3 is 2.26 bits per heavy atom. The first-order chi connectivity index (χ1) is 15.0. The van der Waals surface area contributed by atoms with E-state index in [9.17, 15) is 0 Å². The number of ether oxygens (including phenoxy) is 1. The number of unbranched alkanes of at least 4 members (excludes halogenated alkanes) is 4. The van der Waals surface area contributed by atoms with Crippen molar-refractivity contribution in [3.63, 3.8) is 0 Å². The van der Waals surface area contributed by atoms with Gasteiger partial charge >= 0.3 is 0 Å². The van der Waals surface area contributed by atoms with Crippen molar-refractivity contribution < 1.29 is 4.74 Å². The fraction of sp³-hybridized carbons (Fsp3) is 0.448. The average molecular weight is 418 g/mol. The van der Waals surface area contributed by atoms with Crippen LogP contribution in [0.3, 0.4) is 0 Å². The lowest BCUT2D eigenvalue weighted by Crippen LogP contribution is -2.15. The Morgan fingerprint density at radius 1 is 0.774 bits per heavy atom. The van der Waals surface area contributed by atoms with Crippen molar-refractivity contribution in [2.75, 3.05) is 6.61 Å². The molecule has 0 bridgehead atoms. The number of rotatable bonds is 11. The fourth-order valence-corrected chi connectivity index (χ4v) is 3.98. The molecule has 0 atom stereocenters. The average Bonchev–Trinajstić information content (AvgIpc) is 2.76. The second-order valence-electron chi connectivity index (χ2n) is 9.58. The van der Waals surface area contributed by atoms with E-state index >= 15 is 0 Å². The zero-order valence-corrected chi connectivity index (χ0v) is 19.8. The minimum absolute atomic E-state index is 0.192. The summed E-state index contributed by atoms with van der Waals surface area (Å²) in [5.74, 6) is 1.02. The van der Waals surface area contributed by atoms with Crippen LogP contribution in [-0.2, 0) is 18.5 Å². The Hall–Kier alpha value is -2.32. The third kappa shape index (κ3) is 6.83. The molecular formula is C29H39NO. The summed E-state index contributed by atoms with van der Waals surface area (Å²) in [7, 11) is 0. The molecule has 0 aliphatic rings. The molecule has 2 heteroatoms. The van der Waals surface area contributed by atoms with Crippen molar-refractivity contribution in [2.45, 2.75) is 78.3 Å². The molecule has 0 saturated heterocycles. The Labute approximate surface area is 189 Å². The third-order valence-electron chi connectivity index (χ3n) is 5.95. The summed E-state index contributed by atoms with van der Waals surface area (Å²) in [6.45, 7) is 11.5. The van der Waals surface area contributed by atoms with E-state index in [0.29, 0.717) is 0 Å². The number of nitrogens with one attached hydrogen (secondary N) is 1. The molecule has 166 valence electrons. The second-order valence-corrected chi connectivity index (χ2v) is 9.58. The maximum Gasteiger partial charge on any atom is 0.124 e. The number of fused-ring (bicyclic) bond motifs is 1. The Kier molecular flexibility index (Phi) is 8.54. The third-order valence-corrected chi connectivity index (χ3v) is 5.95. The summed E-state index contributed by atoms with van der Waals surface area (Å²) in [5.41, 5.74) is 4.14. The minimum Gasteiger partial charge on any atom is -0.493 e. The molecule has 3 aromatic rings. The van der Waals surface area contributed by atoms with Gasteiger partial charge in [0.05, 0.1) is 6.61 Å². The van der Waals surface area contributed by atoms with Crippen LogP contribution in [-0.4, -0.2) is 6.61 Å². The van der Waals surface area contributed by atoms with Crippen LogP contribution < -0.4 is 10.1 Å². The molecule has 0 radical (unpaired) electrons. The number of hydrogen-bond donors (Lipinski definition) is 1. The Morgan fingerprint density at radius 2 is 1.52 bits per heavy atom. The zero-order chi connectivity index (χ0) is 22.1. The van der Waals surface area contributed by atoms with Gasteiger partial charge in [-0.25, -0.2) is 0 Å². The van der Waals surface area contributed by atoms with E-state index in [2.05, 4.69) is 93.7 Å². The molecule has 31 heavy (non-hydrogen) atoms. The maximum absolute atomic E-state index is 6.24. The quantitative estimate of drug-likeness (QED) is 0.322. The van der Waals surface area contributed by atoms with Crippen molar-refractivity contribution in [1.82, 2.24) is 5.32 Å². The molecule has 0 aromatic heterocycles. The van der Waals surface area contributed by atoms with Gasteiger partial charge in [0.2, 0.25) is 0 Å². The van der Waals surface area contributed by atoms with Crippen LogP contribution >= 0.6 is 0 Å². The minimum atomic E-state index is 0.192. The highest BCUT2D eigenvalue weighted by Crippen LogP contribution is 2.29. The number of hydrogen-bond acceptors (Lipinski definition) is 2. The standard InChI is InChI=1S/C29H39NO/c1-5-6-7-8-11-20-31-28-19-16-24-12-9-10-13-26(24)27(28)22-30-21-23-14-17-25(18-15-23)29(2,3)4/h9-10,12-19,30H,5-8,11,20-22H2,1-4H3. The molecule has 0 unspecified atom stereocenters. The maximum atomic E-state index is 6.24. The van der Waals surface area contributed by atoms with E-state index in [4.69, 9.17) is 4.74 Å². The predicted molar refractivity (Wildman–Crippen MR) is 134 cm³/mol. The molecule has 2 nitrogen and oxygen atoms in total. The molecule has 0 aliphatic heterocycles. The van der Waals surface area contributed by atoms with E-state index in [1.807, 2.05) is 0 Å². The van der Waals surface area contributed by atoms with Crippen molar-refractivity contribution in [2.24, 2.45) is 0 Å². The van der Waals surface area contributed by atoms with Crippen molar-refractivity contribution >= 4 is 10.8 Å². The smallest absolute Gasteiger partial charge is 0.124 e. The van der Waals surface area contributed by atoms with Crippen LogP contribution in [0.15, 0.2) is 60.7 Å². The SMILES string of the molecule is CCCCCCCOc1ccc2ccccc2c1CNCc1ccc(C(C)(C)C)cc1. The fourth-order valence-electron chi connectivity index (χ4n) is 3.98. The summed E-state index contributed by atoms with van der Waals surface area (Å²) in [6.07, 6.45) is 6.28. The lowest BCUT2D eigenvalue weighted by atomic mass is 9.87. The van der Waals surface area contributed by atoms with E-state index in [1.165, 1.54) is 53.1 Å². The molecule has 0 saturated carbocycles. The van der Waals surface area contributed by atoms with Crippen LogP contribution in [0, 0.1) is 0 Å². The predicted octanol–water partition coefficient (Wildman–Crippen LogP) is 7.78. The molecule has 0 aliphatic carbocycles. The van der Waals surface area contributed by atoms with E-state index in [0.717, 1.165) is 31.9 Å². The lowest BCUT2D eigenvalue weighted by Gasteiger charge is -2.19. The van der Waals surface area contributed by atoms with Gasteiger partial charge in [-0.15, -0.1) is 0 Å². The van der Waals surface area contributed by atoms with E-state index < -0.39 is 0 Å². The highest BCUT2D eigenvalue weighted by molar-refractivity contribution is 5.87. The first kappa shape index (κ1) is 23.3. The van der Waals surface area contributed by atoms with Gasteiger partial charge in [0.15, 0.2) is 0 Å². The highest BCUT2D eigenvalue weighted by atomic mass is 16.5. The molecule has 3 rings (SSSR count). The number of benzene rings is 3. The molecule has 1 N–H and O–H groups in total. The molecule has 3 aromatic carbocycles. The largest absolute Gasteiger partial charge is 0.493 e. The van der Waals surface area contributed by atoms with Crippen LogP contribution in [0.25, 0.3) is 10.8 Å². The Bertz CT molecular complexity index is 937. The van der Waals surface area contributed by atoms with Crippen molar-refractivity contribution in [3.05, 3.63) is 77.4 Å². The zero-order valence-electron chi connectivity index (χ0n) is 19.8. The summed E-state index contributed by atoms with van der Waals surface area (Å²) in [5, 5.41) is 6.19. The van der Waals surface area contributed by atoms with Crippen molar-refractivity contribution in [3.8, 4) is 5.75 Å². The van der Waals surface area contributed by atoms with Gasteiger partial charge in [0.25, 0.3) is 0 Å². The summed E-state index contributed by atoms with van der Waals surface area (Å²) in [6, 6.07) is 21.9. The molecule has 0 heterocycles. The van der Waals surface area contributed by atoms with Crippen LogP contribution in [0.5, 0.6) is 5.75 Å². The first-order valence-corrected chi connectivity index (χ1v) is 11.9. The van der Waals surface area contributed by atoms with Crippen molar-refractivity contribution in [1.29, 1.82) is 0 Å². The van der Waals surface area contributed by atoms with Gasteiger partial charge in [-0.05, 0) is 39.8 Å². The molecule has 0 spiro atoms. The molecule has 0 fully saturated rings. The summed E-state index contributed by atoms with van der Waals surface area (Å²) >= 11 is 0. The van der Waals surface area contributed by atoms with E-state index in [1.54, 1.807) is 0 Å². The van der Waals surface area contributed by atoms with Gasteiger partial charge < -0.3 is 10.1 Å². The molecular weight excluding hydrogens is 378 g/mol. The highest BCUT2D eigenvalue weighted by Gasteiger charge is 2.13. The van der Waals surface area contributed by atoms with Gasteiger partial charge in [0.1, 0.15) is 5.75 Å². The lowest BCUT2D eigenvalue weighted by molar-refractivity contribution is 0.301. The van der Waals surface area contributed by atoms with Gasteiger partial charge in [-0.3, -0.25) is 0 Å². The summed E-state index contributed by atoms with van der Waals surface area (Å²) < 4.78 is 6.24. The second kappa shape index (κ2) is 11.3. The van der Waals surface area contributed by atoms with Gasteiger partial charge in [0, 0.05) is 18.7 Å². The Balaban J connectivity index is 1.65. The normalized spacial score (nSPS) is 11.7. The van der Waals surface area contributed by atoms with Crippen LogP contribution in [0.2, 0.25) is 0 Å².